The molecule has 1 atom stereocenters. The highest BCUT2D eigenvalue weighted by Crippen LogP contribution is 2.23. The first kappa shape index (κ1) is 15.5. The molecule has 2 amide bonds. The largest absolute Gasteiger partial charge is 0.350 e. The molecule has 0 radical (unpaired) electrons. The number of hydrogen-bond acceptors (Lipinski definition) is 5. The molecule has 7 heteroatoms. The number of aromatic nitrogens is 1. The fraction of sp³-hybridized carbons (Fsp3) is 0.429. The van der Waals surface area contributed by atoms with Gasteiger partial charge < -0.3 is 10.2 Å². The Balaban J connectivity index is 1.75. The number of hydrogen-bond donors (Lipinski definition) is 1. The van der Waals surface area contributed by atoms with Crippen LogP contribution in [-0.4, -0.2) is 51.7 Å². The Kier molecular flexibility index (Phi) is 5.32. The SMILES string of the molecule is CC(=O)SC1CC(=O)N(CCNC(=O)c2cccnc2)C1. The minimum atomic E-state index is -0.204. The smallest absolute Gasteiger partial charge is 0.252 e. The van der Waals surface area contributed by atoms with Gasteiger partial charge in [0.25, 0.3) is 5.91 Å². The third kappa shape index (κ3) is 4.56. The molecule has 1 fully saturated rings. The van der Waals surface area contributed by atoms with Gasteiger partial charge in [0.1, 0.15) is 0 Å². The number of amides is 2. The van der Waals surface area contributed by atoms with E-state index in [1.54, 1.807) is 23.2 Å². The van der Waals surface area contributed by atoms with Gasteiger partial charge in [0.15, 0.2) is 5.12 Å². The van der Waals surface area contributed by atoms with Gasteiger partial charge in [-0.05, 0) is 12.1 Å². The average molecular weight is 307 g/mol. The van der Waals surface area contributed by atoms with Crippen LogP contribution in [0, 0.1) is 0 Å². The molecule has 0 spiro atoms. The number of carbonyl (C=O) groups excluding carboxylic acids is 3. The molecule has 2 heterocycles. The summed E-state index contributed by atoms with van der Waals surface area (Å²) < 4.78 is 0. The number of rotatable bonds is 5. The molecular formula is C14H17N3O3S. The quantitative estimate of drug-likeness (QED) is 0.866. The second-order valence-electron chi connectivity index (χ2n) is 4.77. The Bertz CT molecular complexity index is 536. The zero-order chi connectivity index (χ0) is 15.2. The summed E-state index contributed by atoms with van der Waals surface area (Å²) in [6, 6.07) is 3.38. The lowest BCUT2D eigenvalue weighted by Gasteiger charge is -2.16. The molecule has 0 aromatic carbocycles. The third-order valence-corrected chi connectivity index (χ3v) is 4.08. The topological polar surface area (TPSA) is 79.4 Å². The van der Waals surface area contributed by atoms with E-state index in [2.05, 4.69) is 10.3 Å². The van der Waals surface area contributed by atoms with Gasteiger partial charge >= 0.3 is 0 Å². The molecule has 1 unspecified atom stereocenters. The first-order valence-electron chi connectivity index (χ1n) is 6.69. The minimum Gasteiger partial charge on any atom is -0.350 e. The second kappa shape index (κ2) is 7.21. The molecule has 0 saturated carbocycles. The van der Waals surface area contributed by atoms with Gasteiger partial charge in [-0.25, -0.2) is 0 Å². The molecule has 112 valence electrons. The fourth-order valence-electron chi connectivity index (χ4n) is 2.17. The Labute approximate surface area is 127 Å². The lowest BCUT2D eigenvalue weighted by molar-refractivity contribution is -0.127. The molecule has 0 bridgehead atoms. The van der Waals surface area contributed by atoms with Crippen molar-refractivity contribution in [3.05, 3.63) is 30.1 Å². The minimum absolute atomic E-state index is 0.0273. The van der Waals surface area contributed by atoms with Gasteiger partial charge in [0.2, 0.25) is 5.91 Å². The maximum Gasteiger partial charge on any atom is 0.252 e. The lowest BCUT2D eigenvalue weighted by Crippen LogP contribution is -2.36. The van der Waals surface area contributed by atoms with Crippen LogP contribution in [0.3, 0.4) is 0 Å². The number of pyridine rings is 1. The molecule has 1 aliphatic heterocycles. The average Bonchev–Trinajstić information content (AvgIpc) is 2.79. The van der Waals surface area contributed by atoms with E-state index >= 15 is 0 Å². The lowest BCUT2D eigenvalue weighted by atomic mass is 10.3. The van der Waals surface area contributed by atoms with Crippen LogP contribution in [0.5, 0.6) is 0 Å². The van der Waals surface area contributed by atoms with E-state index in [-0.39, 0.29) is 22.2 Å². The van der Waals surface area contributed by atoms with Crippen molar-refractivity contribution in [3.8, 4) is 0 Å². The summed E-state index contributed by atoms with van der Waals surface area (Å²) in [7, 11) is 0. The van der Waals surface area contributed by atoms with E-state index in [1.165, 1.54) is 24.9 Å². The van der Waals surface area contributed by atoms with Crippen molar-refractivity contribution in [2.45, 2.75) is 18.6 Å². The van der Waals surface area contributed by atoms with E-state index in [0.717, 1.165) is 0 Å². The van der Waals surface area contributed by atoms with Crippen LogP contribution >= 0.6 is 11.8 Å². The summed E-state index contributed by atoms with van der Waals surface area (Å²) in [6.45, 7) is 2.91. The number of likely N-dealkylation sites (tertiary alicyclic amines) is 1. The van der Waals surface area contributed by atoms with Crippen molar-refractivity contribution in [3.63, 3.8) is 0 Å². The van der Waals surface area contributed by atoms with Crippen molar-refractivity contribution in [2.75, 3.05) is 19.6 Å². The predicted molar refractivity (Wildman–Crippen MR) is 79.8 cm³/mol. The van der Waals surface area contributed by atoms with Crippen LogP contribution in [0.25, 0.3) is 0 Å². The molecule has 6 nitrogen and oxygen atoms in total. The molecule has 2 rings (SSSR count). The normalized spacial score (nSPS) is 17.9. The van der Waals surface area contributed by atoms with E-state index in [0.29, 0.717) is 31.6 Å². The van der Waals surface area contributed by atoms with Gasteiger partial charge in [-0.2, -0.15) is 0 Å². The molecule has 1 aromatic rings. The van der Waals surface area contributed by atoms with Crippen LogP contribution in [0.1, 0.15) is 23.7 Å². The molecular weight excluding hydrogens is 290 g/mol. The van der Waals surface area contributed by atoms with Crippen molar-refractivity contribution < 1.29 is 14.4 Å². The molecule has 0 aliphatic carbocycles. The second-order valence-corrected chi connectivity index (χ2v) is 6.25. The number of nitrogens with zero attached hydrogens (tertiary/aromatic N) is 2. The first-order valence-corrected chi connectivity index (χ1v) is 7.57. The van der Waals surface area contributed by atoms with E-state index in [4.69, 9.17) is 0 Å². The van der Waals surface area contributed by atoms with Crippen molar-refractivity contribution in [2.24, 2.45) is 0 Å². The fourth-order valence-corrected chi connectivity index (χ4v) is 3.12. The van der Waals surface area contributed by atoms with Crippen molar-refractivity contribution in [1.29, 1.82) is 0 Å². The van der Waals surface area contributed by atoms with Crippen molar-refractivity contribution in [1.82, 2.24) is 15.2 Å². The summed E-state index contributed by atoms with van der Waals surface area (Å²) in [5.74, 6) is -0.172. The van der Waals surface area contributed by atoms with Crippen LogP contribution in [0.2, 0.25) is 0 Å². The van der Waals surface area contributed by atoms with Gasteiger partial charge in [-0.15, -0.1) is 0 Å². The summed E-state index contributed by atoms with van der Waals surface area (Å²) in [6.07, 6.45) is 3.49. The third-order valence-electron chi connectivity index (χ3n) is 3.10. The highest BCUT2D eigenvalue weighted by Gasteiger charge is 2.30. The highest BCUT2D eigenvalue weighted by atomic mass is 32.2. The zero-order valence-corrected chi connectivity index (χ0v) is 12.6. The van der Waals surface area contributed by atoms with Crippen LogP contribution in [-0.2, 0) is 9.59 Å². The Hall–Kier alpha value is -1.89. The Morgan fingerprint density at radius 1 is 1.52 bits per heavy atom. The summed E-state index contributed by atoms with van der Waals surface area (Å²) in [5.41, 5.74) is 0.496. The summed E-state index contributed by atoms with van der Waals surface area (Å²) in [5, 5.41) is 2.81. The van der Waals surface area contributed by atoms with Gasteiger partial charge in [0.05, 0.1) is 5.56 Å². The highest BCUT2D eigenvalue weighted by molar-refractivity contribution is 8.14. The number of nitrogens with one attached hydrogen (secondary N) is 1. The molecule has 1 N–H and O–H groups in total. The maximum absolute atomic E-state index is 11.8. The maximum atomic E-state index is 11.8. The number of carbonyl (C=O) groups is 3. The van der Waals surface area contributed by atoms with Crippen LogP contribution in [0.4, 0.5) is 0 Å². The Morgan fingerprint density at radius 2 is 2.33 bits per heavy atom. The first-order chi connectivity index (χ1) is 10.1. The molecule has 1 aromatic heterocycles. The molecule has 1 saturated heterocycles. The van der Waals surface area contributed by atoms with Gasteiger partial charge in [-0.3, -0.25) is 19.4 Å². The van der Waals surface area contributed by atoms with Crippen molar-refractivity contribution >= 4 is 28.7 Å². The van der Waals surface area contributed by atoms with E-state index in [1.807, 2.05) is 0 Å². The number of thioether (sulfide) groups is 1. The monoisotopic (exact) mass is 307 g/mol. The van der Waals surface area contributed by atoms with Crippen LogP contribution < -0.4 is 5.32 Å². The molecule has 21 heavy (non-hydrogen) atoms. The van der Waals surface area contributed by atoms with Crippen LogP contribution in [0.15, 0.2) is 24.5 Å². The predicted octanol–water partition coefficient (Wildman–Crippen LogP) is 0.692. The molecule has 1 aliphatic rings. The standard InChI is InChI=1S/C14H17N3O3S/c1-10(18)21-12-7-13(19)17(9-12)6-5-16-14(20)11-3-2-4-15-8-11/h2-4,8,12H,5-7,9H2,1H3,(H,16,20). The zero-order valence-electron chi connectivity index (χ0n) is 11.7. The summed E-state index contributed by atoms with van der Waals surface area (Å²) >= 11 is 1.21. The Morgan fingerprint density at radius 3 is 3.00 bits per heavy atom. The van der Waals surface area contributed by atoms with E-state index < -0.39 is 0 Å². The summed E-state index contributed by atoms with van der Waals surface area (Å²) in [4.78, 5) is 40.2. The van der Waals surface area contributed by atoms with Gasteiger partial charge in [-0.1, -0.05) is 11.8 Å². The van der Waals surface area contributed by atoms with Gasteiger partial charge in [0, 0.05) is 50.6 Å². The van der Waals surface area contributed by atoms with E-state index in [9.17, 15) is 14.4 Å².